The standard InChI is InChI=1S/C31H34FN5O5/c32-25-12-18(11-20-14-33-29(35-28(20)25)19-6-9-41-10-7-19)15-36-8-5-23(17-36)42-22-1-2-24-21(13-22)16-37(31(24)40)26-3-4-27(38)34-30(26)39/h1-2,11-14,19,23,26,29,35H,3-10,15-17H2,(H,34,38,39)/t23-,26-,29?/m0/s1. The van der Waals surface area contributed by atoms with E-state index >= 15 is 4.39 Å². The Bertz CT molecular complexity index is 1460. The number of nitrogens with zero attached hydrogens (tertiary/aromatic N) is 3. The van der Waals surface area contributed by atoms with Crippen LogP contribution >= 0.6 is 0 Å². The highest BCUT2D eigenvalue weighted by molar-refractivity contribution is 6.05. The smallest absolute Gasteiger partial charge is 0.255 e. The Balaban J connectivity index is 0.956. The molecule has 3 fully saturated rings. The second-order valence-corrected chi connectivity index (χ2v) is 11.8. The second-order valence-electron chi connectivity index (χ2n) is 11.8. The van der Waals surface area contributed by atoms with Gasteiger partial charge in [-0.25, -0.2) is 4.39 Å². The average Bonchev–Trinajstić information content (AvgIpc) is 3.56. The Hall–Kier alpha value is -3.83. The molecule has 11 heteroatoms. The number of rotatable bonds is 6. The zero-order valence-corrected chi connectivity index (χ0v) is 23.3. The van der Waals surface area contributed by atoms with E-state index in [2.05, 4.69) is 20.5 Å². The number of hydrogen-bond acceptors (Lipinski definition) is 8. The molecule has 1 unspecified atom stereocenters. The number of amides is 3. The van der Waals surface area contributed by atoms with Crippen LogP contribution in [0, 0.1) is 11.7 Å². The van der Waals surface area contributed by atoms with Crippen LogP contribution in [-0.4, -0.2) is 78.4 Å². The van der Waals surface area contributed by atoms with Gasteiger partial charge in [0.1, 0.15) is 29.9 Å². The van der Waals surface area contributed by atoms with Crippen LogP contribution in [0.3, 0.4) is 0 Å². The normalized spacial score (nSPS) is 26.2. The number of hydrogen-bond donors (Lipinski definition) is 2. The SMILES string of the molecule is O=C1CC[C@H](N2Cc3cc(O[C@H]4CCN(Cc5cc(F)c6c(c5)C=NC(C5CCOCC5)N6)C4)ccc3C2=O)C(=O)N1. The number of imide groups is 1. The van der Waals surface area contributed by atoms with Gasteiger partial charge in [0.25, 0.3) is 5.91 Å². The molecule has 0 bridgehead atoms. The number of fused-ring (bicyclic) bond motifs is 2. The highest BCUT2D eigenvalue weighted by Gasteiger charge is 2.39. The quantitative estimate of drug-likeness (QED) is 0.510. The molecule has 2 aromatic rings. The third-order valence-corrected chi connectivity index (χ3v) is 8.99. The van der Waals surface area contributed by atoms with Crippen LogP contribution in [0.4, 0.5) is 10.1 Å². The van der Waals surface area contributed by atoms with Crippen molar-refractivity contribution in [3.8, 4) is 5.75 Å². The minimum Gasteiger partial charge on any atom is -0.489 e. The molecule has 0 spiro atoms. The van der Waals surface area contributed by atoms with Crippen molar-refractivity contribution in [2.75, 3.05) is 31.6 Å². The predicted octanol–water partition coefficient (Wildman–Crippen LogP) is 2.84. The highest BCUT2D eigenvalue weighted by Crippen LogP contribution is 2.33. The van der Waals surface area contributed by atoms with Gasteiger partial charge in [0.15, 0.2) is 0 Å². The maximum absolute atomic E-state index is 15.2. The maximum atomic E-state index is 15.2. The van der Waals surface area contributed by atoms with Crippen LogP contribution in [0.15, 0.2) is 35.3 Å². The van der Waals surface area contributed by atoms with Gasteiger partial charge >= 0.3 is 0 Å². The van der Waals surface area contributed by atoms with E-state index in [-0.39, 0.29) is 36.3 Å². The van der Waals surface area contributed by atoms with Crippen molar-refractivity contribution in [3.63, 3.8) is 0 Å². The van der Waals surface area contributed by atoms with Crippen LogP contribution in [-0.2, 0) is 27.4 Å². The summed E-state index contributed by atoms with van der Waals surface area (Å²) in [6.45, 7) is 3.90. The van der Waals surface area contributed by atoms with Gasteiger partial charge in [-0.05, 0) is 67.1 Å². The van der Waals surface area contributed by atoms with Crippen molar-refractivity contribution in [2.24, 2.45) is 10.9 Å². The molecule has 3 saturated heterocycles. The lowest BCUT2D eigenvalue weighted by Gasteiger charge is -2.31. The monoisotopic (exact) mass is 575 g/mol. The molecule has 5 aliphatic heterocycles. The van der Waals surface area contributed by atoms with E-state index < -0.39 is 11.9 Å². The van der Waals surface area contributed by atoms with Crippen LogP contribution in [0.1, 0.15) is 59.2 Å². The molecule has 0 aromatic heterocycles. The van der Waals surface area contributed by atoms with Crippen molar-refractivity contribution in [1.82, 2.24) is 15.1 Å². The van der Waals surface area contributed by atoms with E-state index in [1.807, 2.05) is 12.1 Å². The Morgan fingerprint density at radius 1 is 1.07 bits per heavy atom. The number of benzene rings is 2. The number of nitrogens with one attached hydrogen (secondary N) is 2. The van der Waals surface area contributed by atoms with Crippen LogP contribution in [0.5, 0.6) is 5.75 Å². The Morgan fingerprint density at radius 2 is 1.93 bits per heavy atom. The number of halogens is 1. The van der Waals surface area contributed by atoms with Crippen LogP contribution in [0.2, 0.25) is 0 Å². The van der Waals surface area contributed by atoms with Gasteiger partial charge in [-0.3, -0.25) is 29.6 Å². The number of ether oxygens (including phenoxy) is 2. The molecule has 10 nitrogen and oxygen atoms in total. The molecule has 0 aliphatic carbocycles. The minimum absolute atomic E-state index is 0.0303. The van der Waals surface area contributed by atoms with E-state index in [0.717, 1.165) is 55.7 Å². The second kappa shape index (κ2) is 11.1. The number of carbonyl (C=O) groups excluding carboxylic acids is 3. The molecule has 0 radical (unpaired) electrons. The molecule has 42 heavy (non-hydrogen) atoms. The number of aliphatic imine (C=N–C) groups is 1. The van der Waals surface area contributed by atoms with Crippen LogP contribution in [0.25, 0.3) is 0 Å². The van der Waals surface area contributed by atoms with E-state index in [1.54, 1.807) is 24.4 Å². The molecule has 0 saturated carbocycles. The molecule has 3 amide bonds. The van der Waals surface area contributed by atoms with Gasteiger partial charge in [-0.1, -0.05) is 0 Å². The lowest BCUT2D eigenvalue weighted by atomic mass is 9.95. The fraction of sp³-hybridized carbons (Fsp3) is 0.484. The maximum Gasteiger partial charge on any atom is 0.255 e. The largest absolute Gasteiger partial charge is 0.489 e. The van der Waals surface area contributed by atoms with E-state index in [4.69, 9.17) is 9.47 Å². The summed E-state index contributed by atoms with van der Waals surface area (Å²) in [7, 11) is 0. The Labute approximate surface area is 243 Å². The van der Waals surface area contributed by atoms with Crippen molar-refractivity contribution in [2.45, 2.75) is 63.5 Å². The molecule has 220 valence electrons. The summed E-state index contributed by atoms with van der Waals surface area (Å²) in [5, 5.41) is 5.65. The lowest BCUT2D eigenvalue weighted by Crippen LogP contribution is -2.52. The van der Waals surface area contributed by atoms with E-state index in [0.29, 0.717) is 49.0 Å². The predicted molar refractivity (Wildman–Crippen MR) is 152 cm³/mol. The molecule has 2 aromatic carbocycles. The molecule has 3 atom stereocenters. The first-order valence-corrected chi connectivity index (χ1v) is 14.8. The fourth-order valence-electron chi connectivity index (χ4n) is 6.76. The average molecular weight is 576 g/mol. The summed E-state index contributed by atoms with van der Waals surface area (Å²) >= 11 is 0. The number of carbonyl (C=O) groups is 3. The molecular weight excluding hydrogens is 541 g/mol. The molecule has 5 aliphatic rings. The summed E-state index contributed by atoms with van der Waals surface area (Å²) in [4.78, 5) is 45.3. The van der Waals surface area contributed by atoms with Gasteiger partial charge in [0, 0.05) is 69.1 Å². The topological polar surface area (TPSA) is 113 Å². The summed E-state index contributed by atoms with van der Waals surface area (Å²) in [5.41, 5.74) is 3.58. The Kier molecular flexibility index (Phi) is 7.15. The molecular formula is C31H34FN5O5. The summed E-state index contributed by atoms with van der Waals surface area (Å²) in [6.07, 6.45) is 4.89. The zero-order chi connectivity index (χ0) is 28.8. The number of likely N-dealkylation sites (tertiary alicyclic amines) is 1. The lowest BCUT2D eigenvalue weighted by molar-refractivity contribution is -0.136. The fourth-order valence-corrected chi connectivity index (χ4v) is 6.76. The van der Waals surface area contributed by atoms with Crippen molar-refractivity contribution < 1.29 is 28.2 Å². The molecule has 5 heterocycles. The first-order valence-electron chi connectivity index (χ1n) is 14.8. The number of anilines is 1. The third kappa shape index (κ3) is 5.27. The highest BCUT2D eigenvalue weighted by atomic mass is 19.1. The van der Waals surface area contributed by atoms with Crippen molar-refractivity contribution in [1.29, 1.82) is 0 Å². The first kappa shape index (κ1) is 27.0. The Morgan fingerprint density at radius 3 is 2.76 bits per heavy atom. The van der Waals surface area contributed by atoms with Gasteiger partial charge in [-0.2, -0.15) is 0 Å². The van der Waals surface area contributed by atoms with Crippen molar-refractivity contribution >= 4 is 29.6 Å². The molecule has 7 rings (SSSR count). The van der Waals surface area contributed by atoms with Gasteiger partial charge in [0.05, 0.1) is 5.69 Å². The zero-order valence-electron chi connectivity index (χ0n) is 23.3. The molecule has 2 N–H and O–H groups in total. The van der Waals surface area contributed by atoms with Gasteiger partial charge in [0.2, 0.25) is 11.8 Å². The summed E-state index contributed by atoms with van der Waals surface area (Å²) in [5.74, 6) is -0.148. The first-order chi connectivity index (χ1) is 20.4. The summed E-state index contributed by atoms with van der Waals surface area (Å²) < 4.78 is 26.9. The number of piperidine rings is 1. The van der Waals surface area contributed by atoms with Gasteiger partial charge < -0.3 is 19.7 Å². The van der Waals surface area contributed by atoms with Crippen molar-refractivity contribution in [3.05, 3.63) is 58.4 Å². The van der Waals surface area contributed by atoms with Gasteiger partial charge in [-0.15, -0.1) is 0 Å². The van der Waals surface area contributed by atoms with E-state index in [1.165, 1.54) is 4.90 Å². The van der Waals surface area contributed by atoms with E-state index in [9.17, 15) is 14.4 Å². The summed E-state index contributed by atoms with van der Waals surface area (Å²) in [6, 6.07) is 8.41. The minimum atomic E-state index is -0.640. The third-order valence-electron chi connectivity index (χ3n) is 8.99. The van der Waals surface area contributed by atoms with Crippen LogP contribution < -0.4 is 15.4 Å².